The highest BCUT2D eigenvalue weighted by molar-refractivity contribution is 5.61. The van der Waals surface area contributed by atoms with Crippen molar-refractivity contribution in [1.29, 1.82) is 5.26 Å². The topological polar surface area (TPSA) is 36.3 Å². The molecule has 0 spiro atoms. The Morgan fingerprint density at radius 3 is 3.00 bits per heavy atom. The van der Waals surface area contributed by atoms with Crippen LogP contribution in [0.2, 0.25) is 0 Å². The largest absolute Gasteiger partial charge is 0.383 e. The minimum atomic E-state index is -0.455. The van der Waals surface area contributed by atoms with Gasteiger partial charge in [0.05, 0.1) is 18.3 Å². The summed E-state index contributed by atoms with van der Waals surface area (Å²) in [4.78, 5) is 2.02. The van der Waals surface area contributed by atoms with E-state index in [-0.39, 0.29) is 11.6 Å². The van der Waals surface area contributed by atoms with Gasteiger partial charge in [-0.05, 0) is 18.6 Å². The molecule has 0 unspecified atom stereocenters. The monoisotopic (exact) mass is 220 g/mol. The van der Waals surface area contributed by atoms with Gasteiger partial charge in [0.15, 0.2) is 0 Å². The highest BCUT2D eigenvalue weighted by atomic mass is 19.1. The van der Waals surface area contributed by atoms with E-state index in [1.54, 1.807) is 19.2 Å². The molecule has 0 aliphatic carbocycles. The predicted molar refractivity (Wildman–Crippen MR) is 58.7 cm³/mol. The molecule has 1 aliphatic rings. The summed E-state index contributed by atoms with van der Waals surface area (Å²) in [6.45, 7) is 1.47. The Morgan fingerprint density at radius 2 is 2.44 bits per heavy atom. The van der Waals surface area contributed by atoms with Crippen molar-refractivity contribution >= 4 is 5.69 Å². The first-order chi connectivity index (χ1) is 7.77. The second-order valence-corrected chi connectivity index (χ2v) is 3.84. The molecule has 1 atom stereocenters. The molecule has 0 aromatic heterocycles. The van der Waals surface area contributed by atoms with Crippen LogP contribution in [0.5, 0.6) is 0 Å². The van der Waals surface area contributed by atoms with Crippen molar-refractivity contribution in [2.45, 2.75) is 12.5 Å². The number of anilines is 1. The van der Waals surface area contributed by atoms with Crippen molar-refractivity contribution in [2.75, 3.05) is 25.2 Å². The fourth-order valence-corrected chi connectivity index (χ4v) is 1.99. The van der Waals surface area contributed by atoms with Gasteiger partial charge in [0.1, 0.15) is 17.4 Å². The van der Waals surface area contributed by atoms with Crippen molar-refractivity contribution in [3.05, 3.63) is 29.6 Å². The second kappa shape index (κ2) is 4.50. The summed E-state index contributed by atoms with van der Waals surface area (Å²) >= 11 is 0. The maximum Gasteiger partial charge on any atom is 0.143 e. The maximum atomic E-state index is 13.4. The van der Waals surface area contributed by atoms with Gasteiger partial charge in [-0.2, -0.15) is 5.26 Å². The van der Waals surface area contributed by atoms with Crippen LogP contribution in [0.15, 0.2) is 18.2 Å². The number of nitrogens with zero attached hydrogens (tertiary/aromatic N) is 2. The molecule has 1 saturated heterocycles. The van der Waals surface area contributed by atoms with Crippen LogP contribution in [0.3, 0.4) is 0 Å². The summed E-state index contributed by atoms with van der Waals surface area (Å²) in [7, 11) is 1.65. The zero-order valence-corrected chi connectivity index (χ0v) is 9.11. The summed E-state index contributed by atoms with van der Waals surface area (Å²) in [6, 6.07) is 6.91. The third kappa shape index (κ3) is 1.74. The molecular weight excluding hydrogens is 207 g/mol. The molecule has 0 saturated carbocycles. The van der Waals surface area contributed by atoms with Crippen molar-refractivity contribution in [3.63, 3.8) is 0 Å². The number of halogens is 1. The lowest BCUT2D eigenvalue weighted by atomic mass is 10.0. The van der Waals surface area contributed by atoms with Gasteiger partial charge in [-0.25, -0.2) is 4.39 Å². The molecule has 0 amide bonds. The number of hydrogen-bond donors (Lipinski definition) is 0. The van der Waals surface area contributed by atoms with Crippen LogP contribution in [0.4, 0.5) is 10.1 Å². The third-order valence-electron chi connectivity index (χ3n) is 2.92. The van der Waals surface area contributed by atoms with Gasteiger partial charge in [-0.3, -0.25) is 0 Å². The summed E-state index contributed by atoms with van der Waals surface area (Å²) in [5.41, 5.74) is 0.805. The lowest BCUT2D eigenvalue weighted by Crippen LogP contribution is -2.50. The van der Waals surface area contributed by atoms with Crippen molar-refractivity contribution in [3.8, 4) is 6.07 Å². The Labute approximate surface area is 94.0 Å². The standard InChI is InChI=1S/C12H13FN2O/c1-16-8-9-5-6-15(9)12-4-2-3-11(13)10(12)7-14/h2-4,9H,5-6,8H2,1H3/t9-/m1/s1. The van der Waals surface area contributed by atoms with Crippen LogP contribution in [0.1, 0.15) is 12.0 Å². The highest BCUT2D eigenvalue weighted by Gasteiger charge is 2.30. The number of nitriles is 1. The predicted octanol–water partition coefficient (Wildman–Crippen LogP) is 1.92. The zero-order chi connectivity index (χ0) is 11.5. The fraction of sp³-hybridized carbons (Fsp3) is 0.417. The molecule has 84 valence electrons. The molecule has 2 rings (SSSR count). The molecule has 16 heavy (non-hydrogen) atoms. The zero-order valence-electron chi connectivity index (χ0n) is 9.11. The molecule has 4 heteroatoms. The molecule has 3 nitrogen and oxygen atoms in total. The Hall–Kier alpha value is -1.60. The van der Waals surface area contributed by atoms with Crippen LogP contribution in [0, 0.1) is 17.1 Å². The Morgan fingerprint density at radius 1 is 1.62 bits per heavy atom. The Bertz CT molecular complexity index is 428. The van der Waals surface area contributed by atoms with Gasteiger partial charge in [0.2, 0.25) is 0 Å². The number of ether oxygens (including phenoxy) is 1. The van der Waals surface area contributed by atoms with Gasteiger partial charge in [-0.1, -0.05) is 6.07 Å². The molecule has 0 bridgehead atoms. The summed E-state index contributed by atoms with van der Waals surface area (Å²) < 4.78 is 18.5. The molecule has 1 fully saturated rings. The van der Waals surface area contributed by atoms with Crippen molar-refractivity contribution in [2.24, 2.45) is 0 Å². The van der Waals surface area contributed by atoms with E-state index in [2.05, 4.69) is 0 Å². The maximum absolute atomic E-state index is 13.4. The van der Waals surface area contributed by atoms with Crippen LogP contribution >= 0.6 is 0 Å². The number of rotatable bonds is 3. The number of hydrogen-bond acceptors (Lipinski definition) is 3. The Balaban J connectivity index is 2.28. The molecule has 1 heterocycles. The molecular formula is C12H13FN2O. The summed E-state index contributed by atoms with van der Waals surface area (Å²) in [5.74, 6) is -0.455. The minimum Gasteiger partial charge on any atom is -0.383 e. The smallest absolute Gasteiger partial charge is 0.143 e. The van der Waals surface area contributed by atoms with Gasteiger partial charge in [0, 0.05) is 13.7 Å². The first-order valence-electron chi connectivity index (χ1n) is 5.22. The quantitative estimate of drug-likeness (QED) is 0.780. The number of benzene rings is 1. The van der Waals surface area contributed by atoms with Crippen molar-refractivity contribution < 1.29 is 9.13 Å². The Kier molecular flexibility index (Phi) is 3.07. The van der Waals surface area contributed by atoms with Gasteiger partial charge in [-0.15, -0.1) is 0 Å². The van der Waals surface area contributed by atoms with E-state index >= 15 is 0 Å². The lowest BCUT2D eigenvalue weighted by molar-refractivity contribution is 0.157. The van der Waals surface area contributed by atoms with E-state index in [1.807, 2.05) is 11.0 Å². The molecule has 0 radical (unpaired) electrons. The van der Waals surface area contributed by atoms with Crippen LogP contribution in [0.25, 0.3) is 0 Å². The third-order valence-corrected chi connectivity index (χ3v) is 2.92. The van der Waals surface area contributed by atoms with Crippen LogP contribution < -0.4 is 4.90 Å². The van der Waals surface area contributed by atoms with Crippen LogP contribution in [-0.2, 0) is 4.74 Å². The molecule has 1 aromatic carbocycles. The lowest BCUT2D eigenvalue weighted by Gasteiger charge is -2.42. The minimum absolute atomic E-state index is 0.128. The average molecular weight is 220 g/mol. The fourth-order valence-electron chi connectivity index (χ4n) is 1.99. The molecule has 1 aromatic rings. The van der Waals surface area contributed by atoms with E-state index in [0.29, 0.717) is 12.3 Å². The first-order valence-corrected chi connectivity index (χ1v) is 5.22. The van der Waals surface area contributed by atoms with E-state index in [1.165, 1.54) is 6.07 Å². The summed E-state index contributed by atoms with van der Waals surface area (Å²) in [6.07, 6.45) is 1.02. The molecule has 1 aliphatic heterocycles. The second-order valence-electron chi connectivity index (χ2n) is 3.84. The van der Waals surface area contributed by atoms with Gasteiger partial charge >= 0.3 is 0 Å². The van der Waals surface area contributed by atoms with Crippen LogP contribution in [-0.4, -0.2) is 26.3 Å². The van der Waals surface area contributed by atoms with Crippen molar-refractivity contribution in [1.82, 2.24) is 0 Å². The van der Waals surface area contributed by atoms with Gasteiger partial charge in [0.25, 0.3) is 0 Å². The van der Waals surface area contributed by atoms with E-state index in [0.717, 1.165) is 13.0 Å². The van der Waals surface area contributed by atoms with E-state index in [9.17, 15) is 4.39 Å². The summed E-state index contributed by atoms with van der Waals surface area (Å²) in [5, 5.41) is 8.94. The normalized spacial score (nSPS) is 19.1. The highest BCUT2D eigenvalue weighted by Crippen LogP contribution is 2.30. The SMILES string of the molecule is COC[C@H]1CCN1c1cccc(F)c1C#N. The first kappa shape index (κ1) is 10.9. The van der Waals surface area contributed by atoms with Gasteiger partial charge < -0.3 is 9.64 Å². The number of methoxy groups -OCH3 is 1. The van der Waals surface area contributed by atoms with E-state index in [4.69, 9.17) is 10.00 Å². The average Bonchev–Trinajstić information content (AvgIpc) is 2.25. The van der Waals surface area contributed by atoms with E-state index < -0.39 is 5.82 Å². The molecule has 0 N–H and O–H groups in total.